The van der Waals surface area contributed by atoms with Crippen molar-refractivity contribution >= 4 is 16.9 Å². The monoisotopic (exact) mass is 373 g/mol. The second kappa shape index (κ2) is 5.87. The summed E-state index contributed by atoms with van der Waals surface area (Å²) < 4.78 is 28.3. The number of nitrogens with zero attached hydrogens (tertiary/aromatic N) is 1. The van der Waals surface area contributed by atoms with E-state index in [4.69, 9.17) is 9.47 Å². The number of pyridine rings is 1. The largest absolute Gasteiger partial charge is 0.477 e. The van der Waals surface area contributed by atoms with Gasteiger partial charge >= 0.3 is 5.97 Å². The predicted octanol–water partition coefficient (Wildman–Crippen LogP) is 3.18. The Bertz CT molecular complexity index is 1000. The molecule has 1 atom stereocenters. The molecule has 2 saturated carbocycles. The molecule has 0 bridgehead atoms. The number of carboxylic acids is 1. The van der Waals surface area contributed by atoms with E-state index in [1.807, 2.05) is 4.57 Å². The molecule has 2 heterocycles. The number of carbonyl (C=O) groups is 1. The fourth-order valence-corrected chi connectivity index (χ4v) is 4.50. The van der Waals surface area contributed by atoms with Gasteiger partial charge < -0.3 is 19.1 Å². The van der Waals surface area contributed by atoms with Gasteiger partial charge in [-0.2, -0.15) is 0 Å². The van der Waals surface area contributed by atoms with E-state index in [1.165, 1.54) is 12.3 Å². The molecule has 1 aromatic heterocycles. The first-order valence-corrected chi connectivity index (χ1v) is 9.37. The van der Waals surface area contributed by atoms with Gasteiger partial charge in [-0.05, 0) is 42.9 Å². The van der Waals surface area contributed by atoms with Crippen LogP contribution in [0.5, 0.6) is 0 Å². The van der Waals surface area contributed by atoms with Crippen molar-refractivity contribution in [2.75, 3.05) is 13.2 Å². The zero-order valence-corrected chi connectivity index (χ0v) is 14.7. The molecule has 1 unspecified atom stereocenters. The lowest BCUT2D eigenvalue weighted by molar-refractivity contribution is -0.151. The summed E-state index contributed by atoms with van der Waals surface area (Å²) in [4.78, 5) is 24.0. The SMILES string of the molecule is O=C(O)c1cn(C2CC2)c2cc(C3CCC4(C3)OCCO4)c(F)cc2c1=O. The molecule has 2 aliphatic carbocycles. The Morgan fingerprint density at radius 2 is 1.96 bits per heavy atom. The molecule has 1 aliphatic heterocycles. The van der Waals surface area contributed by atoms with Crippen molar-refractivity contribution in [2.45, 2.75) is 49.9 Å². The maximum Gasteiger partial charge on any atom is 0.341 e. The Balaban J connectivity index is 1.64. The second-order valence-electron chi connectivity index (χ2n) is 7.75. The zero-order chi connectivity index (χ0) is 18.8. The van der Waals surface area contributed by atoms with Crippen LogP contribution in [0, 0.1) is 5.82 Å². The van der Waals surface area contributed by atoms with Gasteiger partial charge in [0.15, 0.2) is 5.79 Å². The molecule has 3 fully saturated rings. The van der Waals surface area contributed by atoms with Crippen molar-refractivity contribution in [3.8, 4) is 0 Å². The summed E-state index contributed by atoms with van der Waals surface area (Å²) >= 11 is 0. The van der Waals surface area contributed by atoms with Crippen LogP contribution < -0.4 is 5.43 Å². The summed E-state index contributed by atoms with van der Waals surface area (Å²) in [5.41, 5.74) is 0.216. The lowest BCUT2D eigenvalue weighted by Crippen LogP contribution is -2.25. The molecule has 6 nitrogen and oxygen atoms in total. The molecule has 1 spiro atoms. The van der Waals surface area contributed by atoms with Crippen molar-refractivity contribution in [3.63, 3.8) is 0 Å². The van der Waals surface area contributed by atoms with Gasteiger partial charge in [0.05, 0.1) is 18.7 Å². The van der Waals surface area contributed by atoms with Crippen molar-refractivity contribution in [3.05, 3.63) is 45.5 Å². The van der Waals surface area contributed by atoms with E-state index in [9.17, 15) is 19.1 Å². The van der Waals surface area contributed by atoms with Gasteiger partial charge in [-0.25, -0.2) is 9.18 Å². The van der Waals surface area contributed by atoms with Crippen LogP contribution in [0.3, 0.4) is 0 Å². The molecule has 7 heteroatoms. The number of fused-ring (bicyclic) bond motifs is 1. The molecule has 1 saturated heterocycles. The molecule has 1 N–H and O–H groups in total. The number of hydrogen-bond donors (Lipinski definition) is 1. The molecule has 0 radical (unpaired) electrons. The third-order valence-electron chi connectivity index (χ3n) is 6.01. The summed E-state index contributed by atoms with van der Waals surface area (Å²) in [6, 6.07) is 3.11. The molecule has 2 aromatic rings. The number of rotatable bonds is 3. The molecule has 3 aliphatic rings. The van der Waals surface area contributed by atoms with E-state index >= 15 is 0 Å². The molecule has 0 amide bonds. The second-order valence-corrected chi connectivity index (χ2v) is 7.75. The van der Waals surface area contributed by atoms with Gasteiger partial charge in [0.25, 0.3) is 0 Å². The van der Waals surface area contributed by atoms with Crippen molar-refractivity contribution in [1.82, 2.24) is 4.57 Å². The van der Waals surface area contributed by atoms with Crippen LogP contribution in [0.25, 0.3) is 10.9 Å². The fourth-order valence-electron chi connectivity index (χ4n) is 4.50. The quantitative estimate of drug-likeness (QED) is 0.894. The highest BCUT2D eigenvalue weighted by Gasteiger charge is 2.45. The number of ether oxygens (including phenoxy) is 2. The van der Waals surface area contributed by atoms with E-state index < -0.39 is 23.0 Å². The van der Waals surface area contributed by atoms with Crippen LogP contribution in [-0.4, -0.2) is 34.6 Å². The fraction of sp³-hybridized carbons (Fsp3) is 0.500. The number of hydrogen-bond acceptors (Lipinski definition) is 4. The Morgan fingerprint density at radius 3 is 2.63 bits per heavy atom. The molecule has 142 valence electrons. The first kappa shape index (κ1) is 16.9. The van der Waals surface area contributed by atoms with Gasteiger partial charge in [-0.1, -0.05) is 0 Å². The third kappa shape index (κ3) is 2.68. The summed E-state index contributed by atoms with van der Waals surface area (Å²) in [6.45, 7) is 1.12. The summed E-state index contributed by atoms with van der Waals surface area (Å²) in [6.07, 6.45) is 5.34. The number of aromatic carboxylic acids is 1. The van der Waals surface area contributed by atoms with Crippen LogP contribution in [0.1, 0.15) is 60.0 Å². The van der Waals surface area contributed by atoms with Gasteiger partial charge in [-0.3, -0.25) is 4.79 Å². The van der Waals surface area contributed by atoms with Gasteiger partial charge in [0, 0.05) is 30.5 Å². The van der Waals surface area contributed by atoms with Crippen LogP contribution in [-0.2, 0) is 9.47 Å². The van der Waals surface area contributed by atoms with Crippen molar-refractivity contribution in [2.24, 2.45) is 0 Å². The standard InChI is InChI=1S/C20H20FNO5/c21-16-7-14-17(22(12-1-2-12)10-15(18(14)23)19(24)25)8-13(16)11-3-4-20(9-11)26-5-6-27-20/h7-8,10-12H,1-6,9H2,(H,24,25). The maximum atomic E-state index is 14.9. The molecule has 27 heavy (non-hydrogen) atoms. The average Bonchev–Trinajstić information content (AvgIpc) is 3.25. The maximum absolute atomic E-state index is 14.9. The normalized spacial score (nSPS) is 24.1. The molecule has 1 aromatic carbocycles. The number of halogens is 1. The van der Waals surface area contributed by atoms with Crippen LogP contribution >= 0.6 is 0 Å². The predicted molar refractivity (Wildman–Crippen MR) is 94.6 cm³/mol. The van der Waals surface area contributed by atoms with Crippen molar-refractivity contribution in [1.29, 1.82) is 0 Å². The van der Waals surface area contributed by atoms with E-state index in [-0.39, 0.29) is 22.9 Å². The van der Waals surface area contributed by atoms with E-state index in [1.54, 1.807) is 6.07 Å². The highest BCUT2D eigenvalue weighted by Crippen LogP contribution is 2.47. The highest BCUT2D eigenvalue weighted by atomic mass is 19.1. The minimum atomic E-state index is -1.28. The lowest BCUT2D eigenvalue weighted by atomic mass is 9.94. The number of carboxylic acid groups (broad SMARTS) is 1. The summed E-state index contributed by atoms with van der Waals surface area (Å²) in [5.74, 6) is -2.40. The Labute approximate surface area is 154 Å². The van der Waals surface area contributed by atoms with E-state index in [2.05, 4.69) is 0 Å². The Kier molecular flexibility index (Phi) is 3.67. The number of aromatic nitrogens is 1. The number of benzene rings is 1. The lowest BCUT2D eigenvalue weighted by Gasteiger charge is -2.22. The average molecular weight is 373 g/mol. The van der Waals surface area contributed by atoms with Crippen LogP contribution in [0.2, 0.25) is 0 Å². The third-order valence-corrected chi connectivity index (χ3v) is 6.01. The summed E-state index contributed by atoms with van der Waals surface area (Å²) in [7, 11) is 0. The van der Waals surface area contributed by atoms with E-state index in [0.717, 1.165) is 25.7 Å². The van der Waals surface area contributed by atoms with Crippen LogP contribution in [0.4, 0.5) is 4.39 Å². The van der Waals surface area contributed by atoms with Gasteiger partial charge in [0.2, 0.25) is 5.43 Å². The van der Waals surface area contributed by atoms with E-state index in [0.29, 0.717) is 30.7 Å². The Hall–Kier alpha value is -2.25. The van der Waals surface area contributed by atoms with Gasteiger partial charge in [-0.15, -0.1) is 0 Å². The first-order chi connectivity index (χ1) is 13.0. The minimum absolute atomic E-state index is 0.0468. The highest BCUT2D eigenvalue weighted by molar-refractivity contribution is 5.92. The molecular formula is C20H20FNO5. The zero-order valence-electron chi connectivity index (χ0n) is 14.7. The minimum Gasteiger partial charge on any atom is -0.477 e. The van der Waals surface area contributed by atoms with Crippen LogP contribution in [0.15, 0.2) is 23.1 Å². The molecule has 5 rings (SSSR count). The topological polar surface area (TPSA) is 77.8 Å². The first-order valence-electron chi connectivity index (χ1n) is 9.37. The van der Waals surface area contributed by atoms with Crippen molar-refractivity contribution < 1.29 is 23.8 Å². The Morgan fingerprint density at radius 1 is 1.22 bits per heavy atom. The summed E-state index contributed by atoms with van der Waals surface area (Å²) in [5, 5.41) is 9.46. The molecular weight excluding hydrogens is 353 g/mol. The smallest absolute Gasteiger partial charge is 0.341 e. The van der Waals surface area contributed by atoms with Gasteiger partial charge in [0.1, 0.15) is 11.4 Å².